The van der Waals surface area contributed by atoms with Crippen LogP contribution in [0.1, 0.15) is 72.1 Å². The molecule has 1 atom stereocenters. The quantitative estimate of drug-likeness (QED) is 0.500. The first-order valence-electron chi connectivity index (χ1n) is 8.93. The monoisotopic (exact) mass is 304 g/mol. The molecule has 1 aromatic rings. The zero-order chi connectivity index (χ0) is 18.1. The lowest BCUT2D eigenvalue weighted by Crippen LogP contribution is -2.02. The van der Waals surface area contributed by atoms with Gasteiger partial charge in [0.1, 0.15) is 0 Å². The van der Waals surface area contributed by atoms with Crippen molar-refractivity contribution in [1.29, 1.82) is 0 Å². The van der Waals surface area contributed by atoms with Gasteiger partial charge in [-0.15, -0.1) is 0 Å². The minimum Gasteiger partial charge on any atom is -0.0988 e. The van der Waals surface area contributed by atoms with Crippen LogP contribution in [0.2, 0.25) is 0 Å². The van der Waals surface area contributed by atoms with E-state index in [0.717, 1.165) is 6.42 Å². The molecule has 0 heterocycles. The van der Waals surface area contributed by atoms with E-state index in [0.29, 0.717) is 5.92 Å². The van der Waals surface area contributed by atoms with Gasteiger partial charge in [-0.05, 0) is 55.4 Å². The van der Waals surface area contributed by atoms with Gasteiger partial charge in [-0.2, -0.15) is 0 Å². The summed E-state index contributed by atoms with van der Waals surface area (Å²) in [6, 6.07) is 6.73. The van der Waals surface area contributed by atoms with E-state index in [1.165, 1.54) is 22.3 Å². The fourth-order valence-electron chi connectivity index (χ4n) is 2.01. The summed E-state index contributed by atoms with van der Waals surface area (Å²) in [4.78, 5) is 0. The minimum absolute atomic E-state index is 0.546. The molecule has 0 bridgehead atoms. The molecule has 22 heavy (non-hydrogen) atoms. The third kappa shape index (κ3) is 10.4. The van der Waals surface area contributed by atoms with Crippen molar-refractivity contribution in [3.8, 4) is 0 Å². The van der Waals surface area contributed by atoms with E-state index in [2.05, 4.69) is 58.5 Å². The Kier molecular flexibility index (Phi) is 20.7. The molecule has 0 spiro atoms. The van der Waals surface area contributed by atoms with Crippen LogP contribution in [0.3, 0.4) is 0 Å². The molecule has 0 saturated carbocycles. The number of benzene rings is 1. The molecule has 1 aromatic carbocycles. The lowest BCUT2D eigenvalue weighted by Gasteiger charge is -2.13. The summed E-state index contributed by atoms with van der Waals surface area (Å²) in [5, 5.41) is 0. The fraction of sp³-hybridized carbons (Fsp3) is 0.545. The van der Waals surface area contributed by atoms with E-state index in [-0.39, 0.29) is 0 Å². The van der Waals surface area contributed by atoms with Crippen molar-refractivity contribution < 1.29 is 0 Å². The Balaban J connectivity index is -0.000000535. The third-order valence-electron chi connectivity index (χ3n) is 3.25. The second kappa shape index (κ2) is 17.8. The highest BCUT2D eigenvalue weighted by atomic mass is 14.1. The lowest BCUT2D eigenvalue weighted by molar-refractivity contribution is 0.692. The second-order valence-corrected chi connectivity index (χ2v) is 4.52. The number of hydrogen-bond donors (Lipinski definition) is 0. The van der Waals surface area contributed by atoms with E-state index in [1.807, 2.05) is 47.6 Å². The fourth-order valence-corrected chi connectivity index (χ4v) is 2.01. The number of aryl methyl sites for hydroxylation is 2. The third-order valence-corrected chi connectivity index (χ3v) is 3.25. The molecule has 0 N–H and O–H groups in total. The summed E-state index contributed by atoms with van der Waals surface area (Å²) < 4.78 is 0. The van der Waals surface area contributed by atoms with Gasteiger partial charge in [-0.1, -0.05) is 85.4 Å². The maximum Gasteiger partial charge on any atom is -0.0153 e. The Morgan fingerprint density at radius 3 is 1.86 bits per heavy atom. The van der Waals surface area contributed by atoms with E-state index >= 15 is 0 Å². The normalized spacial score (nSPS) is 10.7. The van der Waals surface area contributed by atoms with Crippen molar-refractivity contribution in [2.75, 3.05) is 0 Å². The Morgan fingerprint density at radius 2 is 1.50 bits per heavy atom. The van der Waals surface area contributed by atoms with Crippen LogP contribution in [0.15, 0.2) is 42.5 Å². The average Bonchev–Trinajstić information content (AvgIpc) is 2.58. The van der Waals surface area contributed by atoms with E-state index in [4.69, 9.17) is 0 Å². The predicted octanol–water partition coefficient (Wildman–Crippen LogP) is 7.69. The number of hydrogen-bond acceptors (Lipinski definition) is 0. The smallest absolute Gasteiger partial charge is 0.0153 e. The summed E-state index contributed by atoms with van der Waals surface area (Å²) in [5.41, 5.74) is 5.49. The first kappa shape index (κ1) is 25.6. The summed E-state index contributed by atoms with van der Waals surface area (Å²) >= 11 is 0. The van der Waals surface area contributed by atoms with Gasteiger partial charge in [-0.3, -0.25) is 0 Å². The molecule has 0 aliphatic rings. The minimum atomic E-state index is 0.546. The summed E-state index contributed by atoms with van der Waals surface area (Å²) in [6.07, 6.45) is 5.21. The van der Waals surface area contributed by atoms with E-state index < -0.39 is 0 Å². The SMILES string of the molecule is C=C/C(=C\C)C(C)Cc1ccc(C)c(C)c1.CC.CC.CC. The van der Waals surface area contributed by atoms with Crippen molar-refractivity contribution in [2.24, 2.45) is 5.92 Å². The molecule has 128 valence electrons. The molecule has 0 fully saturated rings. The summed E-state index contributed by atoms with van der Waals surface area (Å²) in [5.74, 6) is 0.546. The Morgan fingerprint density at radius 1 is 1.00 bits per heavy atom. The van der Waals surface area contributed by atoms with Crippen molar-refractivity contribution in [1.82, 2.24) is 0 Å². The molecule has 0 aliphatic carbocycles. The van der Waals surface area contributed by atoms with Gasteiger partial charge in [0.15, 0.2) is 0 Å². The van der Waals surface area contributed by atoms with Crippen LogP contribution in [0.25, 0.3) is 0 Å². The Hall–Kier alpha value is -1.30. The second-order valence-electron chi connectivity index (χ2n) is 4.52. The molecule has 0 radical (unpaired) electrons. The van der Waals surface area contributed by atoms with Gasteiger partial charge in [0.2, 0.25) is 0 Å². The Labute approximate surface area is 141 Å². The van der Waals surface area contributed by atoms with Crippen LogP contribution in [0, 0.1) is 19.8 Å². The highest BCUT2D eigenvalue weighted by Gasteiger charge is 2.06. The first-order chi connectivity index (χ1) is 10.6. The summed E-state index contributed by atoms with van der Waals surface area (Å²) in [7, 11) is 0. The molecule has 0 heteroatoms. The van der Waals surface area contributed by atoms with Crippen LogP contribution >= 0.6 is 0 Å². The van der Waals surface area contributed by atoms with Gasteiger partial charge in [0.05, 0.1) is 0 Å². The lowest BCUT2D eigenvalue weighted by atomic mass is 9.92. The zero-order valence-electron chi connectivity index (χ0n) is 16.9. The number of allylic oxidation sites excluding steroid dienone is 3. The highest BCUT2D eigenvalue weighted by Crippen LogP contribution is 2.19. The van der Waals surface area contributed by atoms with Gasteiger partial charge in [0, 0.05) is 0 Å². The average molecular weight is 305 g/mol. The zero-order valence-corrected chi connectivity index (χ0v) is 16.9. The van der Waals surface area contributed by atoms with E-state index in [9.17, 15) is 0 Å². The molecular formula is C22H40. The topological polar surface area (TPSA) is 0 Å². The largest absolute Gasteiger partial charge is 0.0988 e. The van der Waals surface area contributed by atoms with Gasteiger partial charge < -0.3 is 0 Å². The van der Waals surface area contributed by atoms with Crippen molar-refractivity contribution in [3.05, 3.63) is 59.2 Å². The van der Waals surface area contributed by atoms with Crippen molar-refractivity contribution >= 4 is 0 Å². The first-order valence-corrected chi connectivity index (χ1v) is 8.93. The van der Waals surface area contributed by atoms with Gasteiger partial charge in [-0.25, -0.2) is 0 Å². The van der Waals surface area contributed by atoms with Gasteiger partial charge in [0.25, 0.3) is 0 Å². The molecule has 1 unspecified atom stereocenters. The molecular weight excluding hydrogens is 264 g/mol. The maximum atomic E-state index is 3.86. The van der Waals surface area contributed by atoms with Crippen LogP contribution in [0.5, 0.6) is 0 Å². The molecule has 0 aromatic heterocycles. The van der Waals surface area contributed by atoms with Crippen LogP contribution in [-0.4, -0.2) is 0 Å². The van der Waals surface area contributed by atoms with Gasteiger partial charge >= 0.3 is 0 Å². The predicted molar refractivity (Wildman–Crippen MR) is 107 cm³/mol. The van der Waals surface area contributed by atoms with E-state index in [1.54, 1.807) is 0 Å². The molecule has 0 saturated heterocycles. The van der Waals surface area contributed by atoms with Crippen molar-refractivity contribution in [3.63, 3.8) is 0 Å². The molecule has 0 amide bonds. The van der Waals surface area contributed by atoms with Crippen LogP contribution in [-0.2, 0) is 6.42 Å². The van der Waals surface area contributed by atoms with Crippen molar-refractivity contribution in [2.45, 2.75) is 75.7 Å². The molecule has 0 nitrogen and oxygen atoms in total. The summed E-state index contributed by atoms with van der Waals surface area (Å²) in [6.45, 7) is 24.5. The Bertz CT molecular complexity index is 396. The standard InChI is InChI=1S/C16H22.3C2H6/c1-6-16(7-2)14(5)11-15-9-8-12(3)13(4)10-15;3*1-2/h6-10,14H,1,11H2,2-5H3;3*1-2H3/b16-7+;;;. The van der Waals surface area contributed by atoms with Crippen LogP contribution in [0.4, 0.5) is 0 Å². The maximum absolute atomic E-state index is 3.86. The van der Waals surface area contributed by atoms with Crippen LogP contribution < -0.4 is 0 Å². The molecule has 0 aliphatic heterocycles. The number of rotatable bonds is 4. The molecule has 1 rings (SSSR count). The highest BCUT2D eigenvalue weighted by molar-refractivity contribution is 5.31.